The molecule has 58 heavy (non-hydrogen) atoms. The molecule has 6 atom stereocenters. The maximum Gasteiger partial charge on any atom is 0.330 e. The molecule has 0 saturated heterocycles. The van der Waals surface area contributed by atoms with Crippen LogP contribution in [-0.2, 0) is 28.3 Å². The summed E-state index contributed by atoms with van der Waals surface area (Å²) in [6.45, 7) is 24.4. The number of carboxylic acid groups (broad SMARTS) is 1. The minimum atomic E-state index is -2.09. The number of carboxylic acids is 1. The van der Waals surface area contributed by atoms with Crippen molar-refractivity contribution < 1.29 is 38.5 Å². The smallest absolute Gasteiger partial charge is 0.330 e. The van der Waals surface area contributed by atoms with Crippen molar-refractivity contribution in [2.75, 3.05) is 27.4 Å². The molecule has 0 radical (unpaired) electrons. The Morgan fingerprint density at radius 1 is 0.862 bits per heavy atom. The number of amides is 2. The van der Waals surface area contributed by atoms with Crippen molar-refractivity contribution in [2.45, 2.75) is 131 Å². The van der Waals surface area contributed by atoms with E-state index in [0.717, 1.165) is 41.6 Å². The Balaban J connectivity index is 5.03. The summed E-state index contributed by atoms with van der Waals surface area (Å²) in [6, 6.07) is -0.777. The predicted octanol–water partition coefficient (Wildman–Crippen LogP) is 9.11. The van der Waals surface area contributed by atoms with Crippen molar-refractivity contribution in [1.82, 2.24) is 10.6 Å². The topological polar surface area (TPSA) is 143 Å². The summed E-state index contributed by atoms with van der Waals surface area (Å²) in [7, 11) is 1.31. The molecule has 0 spiro atoms. The number of aliphatic hydroxyl groups is 1. The van der Waals surface area contributed by atoms with E-state index in [0.29, 0.717) is 18.5 Å². The quantitative estimate of drug-likeness (QED) is 0.0278. The second kappa shape index (κ2) is 28.5. The monoisotopic (exact) mass is 825 g/mol. The van der Waals surface area contributed by atoms with Crippen molar-refractivity contribution in [1.29, 1.82) is 0 Å². The van der Waals surface area contributed by atoms with Gasteiger partial charge >= 0.3 is 5.97 Å². The Hall–Kier alpha value is -3.87. The standard InChI is InChI=1S/C47H76N2O8Si/c1-34(20-18-24-42(56-12)30-36(3)26-25-35(2)29-40(7)46(53)54)19-17-23-41(55-11)22-16-15-21-38(5)44(51)39(6)28-27-37(4)31-48-45(52)43(49-33-50)32-57-58(13,14)47(8,9)10/h15-16,18-22,25-30,33,35,38,41-44,51H,17,23-24,31-32H2,1-14H3,(H,48,52)(H,49,50)(H,53,54)/b20-18+,21-15+,22-16+,26-25+,34-19-,36-30+,37-27+,39-28+,40-29+/t35-,38+,41-,42+,43+,44+/m1/s1. The molecule has 4 N–H and O–H groups in total. The Bertz CT molecular complexity index is 1560. The van der Waals surface area contributed by atoms with Crippen LogP contribution in [-0.4, -0.2) is 88.5 Å². The zero-order valence-corrected chi connectivity index (χ0v) is 38.9. The zero-order valence-electron chi connectivity index (χ0n) is 37.9. The Kier molecular flexibility index (Phi) is 26.6. The molecule has 0 aromatic heterocycles. The van der Waals surface area contributed by atoms with Crippen LogP contribution in [0.4, 0.5) is 0 Å². The van der Waals surface area contributed by atoms with Gasteiger partial charge in [0.1, 0.15) is 6.04 Å². The van der Waals surface area contributed by atoms with Gasteiger partial charge < -0.3 is 34.7 Å². The Morgan fingerprint density at radius 3 is 2.09 bits per heavy atom. The van der Waals surface area contributed by atoms with Crippen LogP contribution in [0, 0.1) is 11.8 Å². The zero-order chi connectivity index (χ0) is 44.5. The highest BCUT2D eigenvalue weighted by atomic mass is 28.4. The molecule has 0 heterocycles. The first kappa shape index (κ1) is 54.1. The number of allylic oxidation sites excluding steroid dienone is 11. The summed E-state index contributed by atoms with van der Waals surface area (Å²) in [5.74, 6) is -1.32. The molecule has 0 unspecified atom stereocenters. The normalized spacial score (nSPS) is 17.5. The average molecular weight is 825 g/mol. The van der Waals surface area contributed by atoms with Gasteiger partial charge in [0.05, 0.1) is 24.9 Å². The van der Waals surface area contributed by atoms with E-state index in [1.807, 2.05) is 83.2 Å². The molecular weight excluding hydrogens is 749 g/mol. The molecule has 10 nitrogen and oxygen atoms in total. The van der Waals surface area contributed by atoms with Crippen LogP contribution >= 0.6 is 0 Å². The maximum atomic E-state index is 12.8. The van der Waals surface area contributed by atoms with Crippen LogP contribution < -0.4 is 10.6 Å². The van der Waals surface area contributed by atoms with E-state index in [-0.39, 0.29) is 41.6 Å². The largest absolute Gasteiger partial charge is 0.478 e. The summed E-state index contributed by atoms with van der Waals surface area (Å²) >= 11 is 0. The summed E-state index contributed by atoms with van der Waals surface area (Å²) in [5, 5.41) is 25.4. The highest BCUT2D eigenvalue weighted by molar-refractivity contribution is 6.74. The van der Waals surface area contributed by atoms with E-state index >= 15 is 0 Å². The number of hydrogen-bond donors (Lipinski definition) is 4. The molecule has 0 rings (SSSR count). The lowest BCUT2D eigenvalue weighted by atomic mass is 9.97. The van der Waals surface area contributed by atoms with E-state index < -0.39 is 26.4 Å². The Labute approximate surface area is 351 Å². The van der Waals surface area contributed by atoms with E-state index in [1.54, 1.807) is 27.2 Å². The lowest BCUT2D eigenvalue weighted by Gasteiger charge is -2.37. The summed E-state index contributed by atoms with van der Waals surface area (Å²) in [6.07, 6.45) is 27.9. The SMILES string of the molecule is CO[C@H](/C=C(C)/C=C/[C@@H](C)/C=C(\C)C(=O)O)C/C=C/C(C)=C\CC[C@@H](/C=C/C=C/[C@H](C)[C@H](O)/C(C)=C/C=C(\C)CNC(=O)[C@H](CO[Si](C)(C)C(C)(C)C)NC=O)OC. The fourth-order valence-corrected chi connectivity index (χ4v) is 6.16. The van der Waals surface area contributed by atoms with Crippen LogP contribution in [0.1, 0.15) is 88.5 Å². The first-order chi connectivity index (χ1) is 27.1. The van der Waals surface area contributed by atoms with E-state index in [4.69, 9.17) is 19.0 Å². The fraction of sp³-hybridized carbons (Fsp3) is 0.553. The highest BCUT2D eigenvalue weighted by Gasteiger charge is 2.38. The number of rotatable bonds is 27. The molecule has 0 fully saturated rings. The number of methoxy groups -OCH3 is 2. The highest BCUT2D eigenvalue weighted by Crippen LogP contribution is 2.36. The first-order valence-electron chi connectivity index (χ1n) is 20.2. The van der Waals surface area contributed by atoms with Gasteiger partial charge in [-0.25, -0.2) is 4.79 Å². The van der Waals surface area contributed by atoms with Gasteiger partial charge in [0, 0.05) is 32.3 Å². The Morgan fingerprint density at radius 2 is 1.50 bits per heavy atom. The van der Waals surface area contributed by atoms with Crippen LogP contribution in [0.3, 0.4) is 0 Å². The van der Waals surface area contributed by atoms with Crippen molar-refractivity contribution in [3.05, 3.63) is 107 Å². The number of hydrogen-bond acceptors (Lipinski definition) is 7. The lowest BCUT2D eigenvalue weighted by Crippen LogP contribution is -2.50. The number of ether oxygens (including phenoxy) is 2. The van der Waals surface area contributed by atoms with Gasteiger partial charge in [-0.3, -0.25) is 9.59 Å². The van der Waals surface area contributed by atoms with Crippen molar-refractivity contribution in [3.63, 3.8) is 0 Å². The van der Waals surface area contributed by atoms with Crippen LogP contribution in [0.25, 0.3) is 0 Å². The third-order valence-electron chi connectivity index (χ3n) is 10.2. The van der Waals surface area contributed by atoms with Gasteiger partial charge in [0.2, 0.25) is 12.3 Å². The van der Waals surface area contributed by atoms with Crippen LogP contribution in [0.2, 0.25) is 18.1 Å². The molecule has 0 aliphatic rings. The molecule has 11 heteroatoms. The van der Waals surface area contributed by atoms with E-state index in [1.165, 1.54) is 0 Å². The lowest BCUT2D eigenvalue weighted by molar-refractivity contribution is -0.132. The van der Waals surface area contributed by atoms with Crippen molar-refractivity contribution in [2.24, 2.45) is 11.8 Å². The molecule has 0 saturated carbocycles. The number of aliphatic hydroxyl groups excluding tert-OH is 1. The molecule has 0 aromatic rings. The van der Waals surface area contributed by atoms with Gasteiger partial charge in [0.25, 0.3) is 0 Å². The van der Waals surface area contributed by atoms with E-state index in [2.05, 4.69) is 75.7 Å². The van der Waals surface area contributed by atoms with Crippen LogP contribution in [0.5, 0.6) is 0 Å². The molecule has 2 amide bonds. The molecule has 0 aliphatic carbocycles. The number of aliphatic carboxylic acids is 1. The number of carbonyl (C=O) groups is 3. The van der Waals surface area contributed by atoms with Gasteiger partial charge in [-0.15, -0.1) is 0 Å². The average Bonchev–Trinajstić information content (AvgIpc) is 3.16. The molecule has 0 bridgehead atoms. The fourth-order valence-electron chi connectivity index (χ4n) is 5.15. The van der Waals surface area contributed by atoms with Gasteiger partial charge in [-0.05, 0) is 83.5 Å². The summed E-state index contributed by atoms with van der Waals surface area (Å²) in [4.78, 5) is 35.0. The molecule has 0 aliphatic heterocycles. The van der Waals surface area contributed by atoms with E-state index in [9.17, 15) is 19.5 Å². The number of nitrogens with one attached hydrogen (secondary N) is 2. The molecule has 326 valence electrons. The minimum absolute atomic E-state index is 0.0147. The van der Waals surface area contributed by atoms with Crippen molar-refractivity contribution in [3.8, 4) is 0 Å². The summed E-state index contributed by atoms with van der Waals surface area (Å²) in [5.41, 5.74) is 4.24. The minimum Gasteiger partial charge on any atom is -0.478 e. The maximum absolute atomic E-state index is 12.8. The second-order valence-corrected chi connectivity index (χ2v) is 21.4. The number of carbonyl (C=O) groups excluding carboxylic acids is 2. The second-order valence-electron chi connectivity index (χ2n) is 16.6. The van der Waals surface area contributed by atoms with Gasteiger partial charge in [-0.2, -0.15) is 0 Å². The van der Waals surface area contributed by atoms with Gasteiger partial charge in [0.15, 0.2) is 8.32 Å². The predicted molar refractivity (Wildman–Crippen MR) is 242 cm³/mol. The van der Waals surface area contributed by atoms with Gasteiger partial charge in [-0.1, -0.05) is 130 Å². The third kappa shape index (κ3) is 23.5. The molecular formula is C47H76N2O8Si. The van der Waals surface area contributed by atoms with Crippen LogP contribution in [0.15, 0.2) is 107 Å². The first-order valence-corrected chi connectivity index (χ1v) is 23.1. The third-order valence-corrected chi connectivity index (χ3v) is 14.7. The summed E-state index contributed by atoms with van der Waals surface area (Å²) < 4.78 is 17.5. The molecule has 0 aromatic carbocycles. The van der Waals surface area contributed by atoms with Crippen molar-refractivity contribution >= 4 is 26.6 Å².